The maximum absolute atomic E-state index is 2.65. The molecule has 0 aliphatic carbocycles. The molecule has 0 aromatic heterocycles. The minimum absolute atomic E-state index is 0.00582. The lowest BCUT2D eigenvalue weighted by Gasteiger charge is -2.44. The highest BCUT2D eigenvalue weighted by Crippen LogP contribution is 2.52. The summed E-state index contributed by atoms with van der Waals surface area (Å²) in [7, 11) is 0. The maximum Gasteiger partial charge on any atom is 0.249 e. The van der Waals surface area contributed by atoms with Crippen molar-refractivity contribution in [3.63, 3.8) is 0 Å². The SMILES string of the molecule is CC(C)(C)c1ccc(-c2ccccc2N2c3cc4c(cc3B3c5ccccc5Sc5cc(N(c6ccccc6)c6ccccc6)cc2c53)B2c3ccccc3N(c3ccccc3)c3cc(N(c5ccc(-c6ccccc6)cc5)c5ccc(-c6ccccc6)cc5)cc(c32)S4)cc1. The van der Waals surface area contributed by atoms with Crippen LogP contribution >= 0.6 is 23.5 Å². The summed E-state index contributed by atoms with van der Waals surface area (Å²) in [6.45, 7) is 6.74. The number of fused-ring (bicyclic) bond motifs is 8. The Morgan fingerprint density at radius 3 is 1.26 bits per heavy atom. The fourth-order valence-corrected chi connectivity index (χ4v) is 17.6. The van der Waals surface area contributed by atoms with E-state index in [4.69, 9.17) is 0 Å². The normalized spacial score (nSPS) is 13.0. The molecule has 0 N–H and O–H groups in total. The molecule has 0 unspecified atom stereocenters. The molecule has 4 nitrogen and oxygen atoms in total. The third kappa shape index (κ3) is 9.88. The Kier molecular flexibility index (Phi) is 14.2. The largest absolute Gasteiger partial charge is 0.311 e. The molecule has 96 heavy (non-hydrogen) atoms. The van der Waals surface area contributed by atoms with E-state index in [-0.39, 0.29) is 18.8 Å². The average molecular weight is 1260 g/mol. The van der Waals surface area contributed by atoms with Crippen molar-refractivity contribution in [3.05, 3.63) is 339 Å². The molecule has 0 spiro atoms. The van der Waals surface area contributed by atoms with Crippen LogP contribution in [0.1, 0.15) is 26.3 Å². The van der Waals surface area contributed by atoms with Gasteiger partial charge in [-0.05, 0) is 170 Å². The highest BCUT2D eigenvalue weighted by molar-refractivity contribution is 8.00. The van der Waals surface area contributed by atoms with E-state index in [1.807, 2.05) is 23.5 Å². The maximum atomic E-state index is 2.65. The van der Waals surface area contributed by atoms with Gasteiger partial charge >= 0.3 is 0 Å². The quantitative estimate of drug-likeness (QED) is 0.119. The highest BCUT2D eigenvalue weighted by Gasteiger charge is 2.47. The molecule has 0 bridgehead atoms. The number of nitrogens with zero attached hydrogens (tertiary/aromatic N) is 4. The summed E-state index contributed by atoms with van der Waals surface area (Å²) in [5, 5.41) is 0. The van der Waals surface area contributed by atoms with Gasteiger partial charge in [0.15, 0.2) is 0 Å². The molecule has 0 saturated heterocycles. The van der Waals surface area contributed by atoms with Crippen LogP contribution in [0.2, 0.25) is 0 Å². The first-order valence-electron chi connectivity index (χ1n) is 33.2. The molecule has 18 rings (SSSR count). The molecular weight excluding hydrogens is 1200 g/mol. The first kappa shape index (κ1) is 57.7. The first-order valence-corrected chi connectivity index (χ1v) is 34.8. The van der Waals surface area contributed by atoms with Crippen LogP contribution in [0.5, 0.6) is 0 Å². The molecule has 14 aromatic carbocycles. The van der Waals surface area contributed by atoms with Crippen LogP contribution in [0.15, 0.2) is 353 Å². The van der Waals surface area contributed by atoms with Gasteiger partial charge in [-0.2, -0.15) is 0 Å². The van der Waals surface area contributed by atoms with E-state index in [1.54, 1.807) is 0 Å². The fourth-order valence-electron chi connectivity index (χ4n) is 15.2. The van der Waals surface area contributed by atoms with Crippen LogP contribution in [0.3, 0.4) is 0 Å². The molecule has 14 aromatic rings. The number of rotatable bonds is 11. The summed E-state index contributed by atoms with van der Waals surface area (Å²) >= 11 is 3.83. The summed E-state index contributed by atoms with van der Waals surface area (Å²) in [5.41, 5.74) is 29.8. The molecular formula is C88H64B2N4S2. The van der Waals surface area contributed by atoms with E-state index in [9.17, 15) is 0 Å². The van der Waals surface area contributed by atoms with Crippen molar-refractivity contribution in [3.8, 4) is 33.4 Å². The van der Waals surface area contributed by atoms with Gasteiger partial charge in [-0.1, -0.05) is 280 Å². The number of hydrogen-bond acceptors (Lipinski definition) is 6. The Hall–Kier alpha value is -10.9. The number of benzene rings is 14. The van der Waals surface area contributed by atoms with E-state index in [0.717, 1.165) is 45.5 Å². The molecule has 0 saturated carbocycles. The zero-order chi connectivity index (χ0) is 64.0. The van der Waals surface area contributed by atoms with Gasteiger partial charge < -0.3 is 19.6 Å². The number of hydrogen-bond donors (Lipinski definition) is 0. The van der Waals surface area contributed by atoms with Gasteiger partial charge in [0.05, 0.1) is 5.69 Å². The molecule has 0 radical (unpaired) electrons. The Bertz CT molecular complexity index is 5160. The van der Waals surface area contributed by atoms with E-state index < -0.39 is 0 Å². The summed E-state index contributed by atoms with van der Waals surface area (Å²) in [6, 6.07) is 124. The molecule has 0 amide bonds. The Morgan fingerprint density at radius 2 is 0.698 bits per heavy atom. The monoisotopic (exact) mass is 1260 g/mol. The van der Waals surface area contributed by atoms with E-state index in [0.29, 0.717) is 0 Å². The number of anilines is 12. The standard InChI is InChI=1S/C88H64B2N4S2/c1-88(2,3)64-47-41-63(42-48-64)72-35-19-22-38-77(72)94-79-58-83-76(57-75(79)90-74-37-21-24-40-82(74)95-84-55-71(54-81(94)87(84)90)91(65-29-13-6-14-30-65)66-31-15-7-16-32-66)89-73-36-20-23-39-78(73)93(67-33-17-8-18-34-67)80-53-70(56-85(96-83)86(80)89)92(68-49-43-61(44-50-68)59-25-9-4-10-26-59)69-51-45-62(46-52-69)60-27-11-5-12-28-60/h4-58H,1-3H3. The molecule has 4 aliphatic rings. The lowest BCUT2D eigenvalue weighted by Crippen LogP contribution is -2.64. The van der Waals surface area contributed by atoms with Crippen molar-refractivity contribution in [1.29, 1.82) is 0 Å². The van der Waals surface area contributed by atoms with E-state index in [1.165, 1.54) is 114 Å². The van der Waals surface area contributed by atoms with E-state index in [2.05, 4.69) is 374 Å². The molecule has 0 fully saturated rings. The van der Waals surface area contributed by atoms with Gasteiger partial charge in [-0.25, -0.2) is 0 Å². The van der Waals surface area contributed by atoms with Gasteiger partial charge in [0.1, 0.15) is 0 Å². The molecule has 8 heteroatoms. The third-order valence-corrected chi connectivity index (χ3v) is 22.0. The van der Waals surface area contributed by atoms with Crippen molar-refractivity contribution < 1.29 is 0 Å². The smallest absolute Gasteiger partial charge is 0.249 e. The molecule has 454 valence electrons. The Balaban J connectivity index is 0.890. The minimum atomic E-state index is -0.0886. The van der Waals surface area contributed by atoms with Crippen LogP contribution in [-0.2, 0) is 5.41 Å². The topological polar surface area (TPSA) is 13.0 Å². The highest BCUT2D eigenvalue weighted by atomic mass is 32.2. The number of para-hydroxylation sites is 5. The zero-order valence-corrected chi connectivity index (χ0v) is 55.1. The third-order valence-electron chi connectivity index (χ3n) is 19.7. The van der Waals surface area contributed by atoms with Crippen molar-refractivity contribution >= 4 is 138 Å². The summed E-state index contributed by atoms with van der Waals surface area (Å²) in [4.78, 5) is 15.1. The van der Waals surface area contributed by atoms with Crippen molar-refractivity contribution in [1.82, 2.24) is 0 Å². The van der Waals surface area contributed by atoms with E-state index >= 15 is 0 Å². The van der Waals surface area contributed by atoms with Crippen molar-refractivity contribution in [2.24, 2.45) is 0 Å². The molecule has 4 aliphatic heterocycles. The first-order chi connectivity index (χ1) is 47.3. The van der Waals surface area contributed by atoms with Crippen LogP contribution in [-0.4, -0.2) is 13.4 Å². The average Bonchev–Trinajstić information content (AvgIpc) is 0.694. The lowest BCUT2D eigenvalue weighted by molar-refractivity contribution is 0.590. The Labute approximate surface area is 572 Å². The second-order valence-corrected chi connectivity index (χ2v) is 28.6. The predicted octanol–water partition coefficient (Wildman–Crippen LogP) is 20.5. The van der Waals surface area contributed by atoms with Crippen LogP contribution in [0, 0.1) is 0 Å². The Morgan fingerprint density at radius 1 is 0.271 bits per heavy atom. The van der Waals surface area contributed by atoms with Gasteiger partial charge in [0.25, 0.3) is 0 Å². The molecule has 4 heterocycles. The zero-order valence-electron chi connectivity index (χ0n) is 53.5. The summed E-state index contributed by atoms with van der Waals surface area (Å²) < 4.78 is 0. The predicted molar refractivity (Wildman–Crippen MR) is 411 cm³/mol. The second-order valence-electron chi connectivity index (χ2n) is 26.4. The minimum Gasteiger partial charge on any atom is -0.311 e. The van der Waals surface area contributed by atoms with Crippen LogP contribution in [0.25, 0.3) is 33.4 Å². The van der Waals surface area contributed by atoms with Crippen LogP contribution in [0.4, 0.5) is 68.2 Å². The second kappa shape index (κ2) is 23.5. The van der Waals surface area contributed by atoms with Crippen molar-refractivity contribution in [2.45, 2.75) is 45.8 Å². The lowest BCUT2D eigenvalue weighted by atomic mass is 9.31. The van der Waals surface area contributed by atoms with Gasteiger partial charge in [-0.3, -0.25) is 0 Å². The van der Waals surface area contributed by atoms with Crippen molar-refractivity contribution in [2.75, 3.05) is 19.6 Å². The summed E-state index contributed by atoms with van der Waals surface area (Å²) in [5.74, 6) is 0. The van der Waals surface area contributed by atoms with Gasteiger partial charge in [-0.15, -0.1) is 0 Å². The van der Waals surface area contributed by atoms with Gasteiger partial charge in [0, 0.05) is 87.7 Å². The molecule has 0 atom stereocenters. The summed E-state index contributed by atoms with van der Waals surface area (Å²) in [6.07, 6.45) is 0. The van der Waals surface area contributed by atoms with Crippen LogP contribution < -0.4 is 52.4 Å². The van der Waals surface area contributed by atoms with Gasteiger partial charge in [0.2, 0.25) is 13.4 Å². The fraction of sp³-hybridized carbons (Fsp3) is 0.0455.